The van der Waals surface area contributed by atoms with Crippen LogP contribution in [-0.4, -0.2) is 38.3 Å². The van der Waals surface area contributed by atoms with E-state index in [1.807, 2.05) is 0 Å². The molecule has 100 valence electrons. The third kappa shape index (κ3) is 3.22. The lowest BCUT2D eigenvalue weighted by atomic mass is 10.4. The zero-order chi connectivity index (χ0) is 13.3. The predicted molar refractivity (Wildman–Crippen MR) is 64.6 cm³/mol. The first kappa shape index (κ1) is 12.9. The molecule has 0 bridgehead atoms. The van der Waals surface area contributed by atoms with E-state index in [0.29, 0.717) is 5.76 Å². The number of carbonyl (C=O) groups is 1. The van der Waals surface area contributed by atoms with Gasteiger partial charge >= 0.3 is 0 Å². The maximum Gasteiger partial charge on any atom is 0.241 e. The summed E-state index contributed by atoms with van der Waals surface area (Å²) in [6.45, 7) is 1.38. The molecule has 1 amide bonds. The quantitative estimate of drug-likeness (QED) is 0.817. The van der Waals surface area contributed by atoms with E-state index < -0.39 is 10.0 Å². The molecule has 1 saturated carbocycles. The number of hydrogen-bond acceptors (Lipinski definition) is 5. The molecule has 0 atom stereocenters. The summed E-state index contributed by atoms with van der Waals surface area (Å²) in [5.74, 6) is 0.283. The Morgan fingerprint density at radius 3 is 2.72 bits per heavy atom. The molecular formula is C10H15N3O4S. The molecule has 1 aliphatic carbocycles. The summed E-state index contributed by atoms with van der Waals surface area (Å²) < 4.78 is 29.0. The molecule has 0 aliphatic heterocycles. The first-order valence-corrected chi connectivity index (χ1v) is 7.41. The molecule has 0 radical (unpaired) electrons. The van der Waals surface area contributed by atoms with Crippen molar-refractivity contribution in [1.82, 2.24) is 10.5 Å². The van der Waals surface area contributed by atoms with Gasteiger partial charge in [-0.2, -0.15) is 0 Å². The first-order valence-electron chi connectivity index (χ1n) is 5.56. The van der Waals surface area contributed by atoms with Gasteiger partial charge in [-0.1, -0.05) is 5.16 Å². The van der Waals surface area contributed by atoms with E-state index in [2.05, 4.69) is 10.5 Å². The van der Waals surface area contributed by atoms with E-state index in [1.54, 1.807) is 6.92 Å². The van der Waals surface area contributed by atoms with E-state index in [0.717, 1.165) is 23.4 Å². The first-order chi connectivity index (χ1) is 8.36. The van der Waals surface area contributed by atoms with Crippen molar-refractivity contribution in [3.8, 4) is 0 Å². The molecule has 7 nitrogen and oxygen atoms in total. The van der Waals surface area contributed by atoms with Gasteiger partial charge in [0, 0.05) is 12.1 Å². The summed E-state index contributed by atoms with van der Waals surface area (Å²) in [6, 6.07) is 1.67. The molecule has 8 heteroatoms. The maximum atomic E-state index is 11.7. The van der Waals surface area contributed by atoms with E-state index in [1.165, 1.54) is 6.07 Å². The fourth-order valence-electron chi connectivity index (χ4n) is 1.47. The summed E-state index contributed by atoms with van der Waals surface area (Å²) in [7, 11) is -3.57. The number of aromatic nitrogens is 1. The Morgan fingerprint density at radius 1 is 1.61 bits per heavy atom. The number of nitrogens with one attached hydrogen (secondary N) is 1. The summed E-state index contributed by atoms with van der Waals surface area (Å²) >= 11 is 0. The van der Waals surface area contributed by atoms with Crippen molar-refractivity contribution in [2.24, 2.45) is 0 Å². The Balaban J connectivity index is 2.12. The summed E-state index contributed by atoms with van der Waals surface area (Å²) in [4.78, 5) is 11.7. The van der Waals surface area contributed by atoms with Crippen LogP contribution in [0.4, 0.5) is 5.82 Å². The van der Waals surface area contributed by atoms with Crippen molar-refractivity contribution in [2.45, 2.75) is 25.8 Å². The van der Waals surface area contributed by atoms with Crippen molar-refractivity contribution in [3.63, 3.8) is 0 Å². The van der Waals surface area contributed by atoms with Gasteiger partial charge in [0.15, 0.2) is 5.82 Å². The van der Waals surface area contributed by atoms with Crippen LogP contribution < -0.4 is 9.62 Å². The fraction of sp³-hybridized carbons (Fsp3) is 0.600. The Kier molecular flexibility index (Phi) is 3.29. The molecule has 1 heterocycles. The van der Waals surface area contributed by atoms with Gasteiger partial charge in [0.2, 0.25) is 15.9 Å². The number of hydrogen-bond donors (Lipinski definition) is 1. The van der Waals surface area contributed by atoms with Crippen molar-refractivity contribution in [3.05, 3.63) is 11.8 Å². The van der Waals surface area contributed by atoms with Gasteiger partial charge in [-0.05, 0) is 19.8 Å². The van der Waals surface area contributed by atoms with E-state index >= 15 is 0 Å². The zero-order valence-corrected chi connectivity index (χ0v) is 11.0. The van der Waals surface area contributed by atoms with E-state index in [9.17, 15) is 13.2 Å². The second-order valence-corrected chi connectivity index (χ2v) is 6.31. The third-order valence-electron chi connectivity index (χ3n) is 2.50. The second-order valence-electron chi connectivity index (χ2n) is 4.41. The van der Waals surface area contributed by atoms with Gasteiger partial charge in [-0.25, -0.2) is 12.7 Å². The van der Waals surface area contributed by atoms with Crippen LogP contribution in [0.5, 0.6) is 0 Å². The minimum absolute atomic E-state index is 0.126. The number of amides is 1. The lowest BCUT2D eigenvalue weighted by Gasteiger charge is -2.18. The highest BCUT2D eigenvalue weighted by molar-refractivity contribution is 7.92. The molecule has 0 saturated heterocycles. The summed E-state index contributed by atoms with van der Waals surface area (Å²) in [5.41, 5.74) is 0. The molecule has 1 aliphatic rings. The van der Waals surface area contributed by atoms with Gasteiger partial charge in [-0.3, -0.25) is 4.79 Å². The van der Waals surface area contributed by atoms with Gasteiger partial charge in [-0.15, -0.1) is 0 Å². The van der Waals surface area contributed by atoms with Crippen LogP contribution in [0.15, 0.2) is 10.6 Å². The highest BCUT2D eigenvalue weighted by atomic mass is 32.2. The van der Waals surface area contributed by atoms with Crippen LogP contribution in [-0.2, 0) is 14.8 Å². The molecule has 0 spiro atoms. The molecule has 1 aromatic rings. The number of rotatable bonds is 5. The van der Waals surface area contributed by atoms with Crippen LogP contribution in [0.25, 0.3) is 0 Å². The van der Waals surface area contributed by atoms with Crippen LogP contribution >= 0.6 is 0 Å². The lowest BCUT2D eigenvalue weighted by molar-refractivity contribution is -0.119. The largest absolute Gasteiger partial charge is 0.360 e. The van der Waals surface area contributed by atoms with Gasteiger partial charge in [0.05, 0.1) is 6.26 Å². The molecule has 1 fully saturated rings. The van der Waals surface area contributed by atoms with Crippen LogP contribution in [0.1, 0.15) is 18.6 Å². The maximum absolute atomic E-state index is 11.7. The summed E-state index contributed by atoms with van der Waals surface area (Å²) in [6.07, 6.45) is 2.93. The third-order valence-corrected chi connectivity index (χ3v) is 3.62. The molecule has 1 aromatic heterocycles. The Morgan fingerprint density at radius 2 is 2.28 bits per heavy atom. The number of sulfonamides is 1. The van der Waals surface area contributed by atoms with E-state index in [-0.39, 0.29) is 24.3 Å². The standard InChI is InChI=1S/C10H15N3O4S/c1-7-5-9(12-17-7)13(18(2,15)16)6-10(14)11-8-3-4-8/h5,8H,3-4,6H2,1-2H3,(H,11,14). The SMILES string of the molecule is Cc1cc(N(CC(=O)NC2CC2)S(C)(=O)=O)no1. The summed E-state index contributed by atoms with van der Waals surface area (Å²) in [5, 5.41) is 6.35. The van der Waals surface area contributed by atoms with Crippen molar-refractivity contribution < 1.29 is 17.7 Å². The Labute approximate surface area is 105 Å². The minimum Gasteiger partial charge on any atom is -0.360 e. The Bertz CT molecular complexity index is 547. The second kappa shape index (κ2) is 4.60. The topological polar surface area (TPSA) is 92.5 Å². The minimum atomic E-state index is -3.57. The monoisotopic (exact) mass is 273 g/mol. The van der Waals surface area contributed by atoms with Gasteiger partial charge in [0.25, 0.3) is 0 Å². The number of anilines is 1. The lowest BCUT2D eigenvalue weighted by Crippen LogP contribution is -2.41. The highest BCUT2D eigenvalue weighted by Gasteiger charge is 2.27. The average Bonchev–Trinajstić information content (AvgIpc) is 2.94. The van der Waals surface area contributed by atoms with Gasteiger partial charge in [0.1, 0.15) is 12.3 Å². The predicted octanol–water partition coefficient (Wildman–Crippen LogP) is 0.0276. The van der Waals surface area contributed by atoms with E-state index in [4.69, 9.17) is 4.52 Å². The zero-order valence-electron chi connectivity index (χ0n) is 10.2. The molecule has 1 N–H and O–H groups in total. The molecule has 0 unspecified atom stereocenters. The van der Waals surface area contributed by atoms with Gasteiger partial charge < -0.3 is 9.84 Å². The number of aryl methyl sites for hydroxylation is 1. The normalized spacial score (nSPS) is 15.4. The van der Waals surface area contributed by atoms with Crippen LogP contribution in [0.2, 0.25) is 0 Å². The molecule has 0 aromatic carbocycles. The smallest absolute Gasteiger partial charge is 0.241 e. The fourth-order valence-corrected chi connectivity index (χ4v) is 2.25. The average molecular weight is 273 g/mol. The molecule has 18 heavy (non-hydrogen) atoms. The Hall–Kier alpha value is -1.57. The molecule has 2 rings (SSSR count). The van der Waals surface area contributed by atoms with Crippen LogP contribution in [0, 0.1) is 6.92 Å². The van der Waals surface area contributed by atoms with Crippen molar-refractivity contribution >= 4 is 21.7 Å². The number of nitrogens with zero attached hydrogens (tertiary/aromatic N) is 2. The number of carbonyl (C=O) groups excluding carboxylic acids is 1. The molecular weight excluding hydrogens is 258 g/mol. The van der Waals surface area contributed by atoms with Crippen molar-refractivity contribution in [1.29, 1.82) is 0 Å². The van der Waals surface area contributed by atoms with Crippen LogP contribution in [0.3, 0.4) is 0 Å². The van der Waals surface area contributed by atoms with Crippen molar-refractivity contribution in [2.75, 3.05) is 17.1 Å². The highest BCUT2D eigenvalue weighted by Crippen LogP contribution is 2.20.